The third-order valence-electron chi connectivity index (χ3n) is 4.65. The first-order valence-electron chi connectivity index (χ1n) is 9.05. The molecule has 2 aromatic rings. The number of tetrazole rings is 1. The van der Waals surface area contributed by atoms with Gasteiger partial charge >= 0.3 is 0 Å². The Morgan fingerprint density at radius 2 is 2.04 bits per heavy atom. The van der Waals surface area contributed by atoms with E-state index in [4.69, 9.17) is 0 Å². The smallest absolute Gasteiger partial charge is 0.215 e. The van der Waals surface area contributed by atoms with Crippen molar-refractivity contribution in [3.8, 4) is 0 Å². The van der Waals surface area contributed by atoms with Crippen LogP contribution in [0.15, 0.2) is 36.7 Å². The quantitative estimate of drug-likeness (QED) is 0.697. The number of aryl methyl sites for hydroxylation is 1. The molecule has 0 saturated carbocycles. The molecule has 8 nitrogen and oxygen atoms in total. The van der Waals surface area contributed by atoms with E-state index in [0.29, 0.717) is 12.5 Å². The van der Waals surface area contributed by atoms with E-state index in [1.54, 1.807) is 11.0 Å². The molecule has 0 spiro atoms. The fraction of sp³-hybridized carbons (Fsp3) is 0.588. The highest BCUT2D eigenvalue weighted by molar-refractivity contribution is 7.88. The molecule has 26 heavy (non-hydrogen) atoms. The van der Waals surface area contributed by atoms with Gasteiger partial charge in [-0.3, -0.25) is 0 Å². The van der Waals surface area contributed by atoms with Crippen LogP contribution in [-0.4, -0.2) is 59.7 Å². The van der Waals surface area contributed by atoms with Gasteiger partial charge in [-0.05, 0) is 54.3 Å². The lowest BCUT2D eigenvalue weighted by atomic mass is 9.98. The van der Waals surface area contributed by atoms with Crippen LogP contribution in [0.4, 0.5) is 0 Å². The minimum absolute atomic E-state index is 0.0379. The van der Waals surface area contributed by atoms with Gasteiger partial charge in [-0.2, -0.15) is 0 Å². The van der Waals surface area contributed by atoms with E-state index in [9.17, 15) is 8.42 Å². The van der Waals surface area contributed by atoms with E-state index in [0.717, 1.165) is 51.0 Å². The summed E-state index contributed by atoms with van der Waals surface area (Å²) in [5.74, 6) is 0.401. The number of rotatable bonds is 9. The Bertz CT molecular complexity index is 751. The monoisotopic (exact) mass is 378 g/mol. The Balaban J connectivity index is 1.40. The van der Waals surface area contributed by atoms with E-state index in [1.165, 1.54) is 0 Å². The van der Waals surface area contributed by atoms with Crippen LogP contribution in [0.3, 0.4) is 0 Å². The van der Waals surface area contributed by atoms with E-state index >= 15 is 0 Å². The first-order valence-corrected chi connectivity index (χ1v) is 10.7. The summed E-state index contributed by atoms with van der Waals surface area (Å²) in [7, 11) is -3.29. The van der Waals surface area contributed by atoms with Crippen molar-refractivity contribution < 1.29 is 8.42 Å². The number of aromatic nitrogens is 4. The Morgan fingerprint density at radius 3 is 2.81 bits per heavy atom. The van der Waals surface area contributed by atoms with Crippen molar-refractivity contribution in [2.75, 3.05) is 26.2 Å². The van der Waals surface area contributed by atoms with Crippen LogP contribution < -0.4 is 4.72 Å². The molecule has 1 aromatic carbocycles. The summed E-state index contributed by atoms with van der Waals surface area (Å²) in [4.78, 5) is 2.41. The molecule has 0 aliphatic carbocycles. The second-order valence-corrected chi connectivity index (χ2v) is 8.64. The van der Waals surface area contributed by atoms with Gasteiger partial charge in [-0.25, -0.2) is 17.8 Å². The zero-order valence-electron chi connectivity index (χ0n) is 14.9. The Labute approximate surface area is 154 Å². The van der Waals surface area contributed by atoms with Crippen molar-refractivity contribution in [1.82, 2.24) is 29.8 Å². The number of nitrogens with zero attached hydrogens (tertiary/aromatic N) is 5. The molecule has 1 N–H and O–H groups in total. The van der Waals surface area contributed by atoms with E-state index < -0.39 is 10.0 Å². The second-order valence-electron chi connectivity index (χ2n) is 6.83. The molecule has 9 heteroatoms. The van der Waals surface area contributed by atoms with Crippen molar-refractivity contribution >= 4 is 10.0 Å². The summed E-state index contributed by atoms with van der Waals surface area (Å²) in [6.07, 6.45) is 4.78. The van der Waals surface area contributed by atoms with Gasteiger partial charge in [-0.1, -0.05) is 30.3 Å². The molecular formula is C17H26N6O2S. The van der Waals surface area contributed by atoms with Gasteiger partial charge in [0.25, 0.3) is 0 Å². The van der Waals surface area contributed by atoms with Crippen molar-refractivity contribution in [3.63, 3.8) is 0 Å². The van der Waals surface area contributed by atoms with Gasteiger partial charge in [0.05, 0.1) is 5.75 Å². The Kier molecular flexibility index (Phi) is 6.70. The SMILES string of the molecule is O=S(=O)(Cc1ccccc1)NCC1CCCN(CCCn2cnnn2)C1. The third-order valence-corrected chi connectivity index (χ3v) is 5.97. The van der Waals surface area contributed by atoms with Crippen LogP contribution in [0, 0.1) is 5.92 Å². The van der Waals surface area contributed by atoms with Crippen LogP contribution in [0.1, 0.15) is 24.8 Å². The normalized spacial score (nSPS) is 18.8. The molecule has 1 fully saturated rings. The molecule has 1 atom stereocenters. The predicted molar refractivity (Wildman–Crippen MR) is 98.7 cm³/mol. The number of piperidine rings is 1. The molecule has 0 radical (unpaired) electrons. The Hall–Kier alpha value is -1.84. The van der Waals surface area contributed by atoms with E-state index in [2.05, 4.69) is 25.1 Å². The molecular weight excluding hydrogens is 352 g/mol. The van der Waals surface area contributed by atoms with E-state index in [1.807, 2.05) is 30.3 Å². The highest BCUT2D eigenvalue weighted by Gasteiger charge is 2.21. The van der Waals surface area contributed by atoms with E-state index in [-0.39, 0.29) is 5.75 Å². The second kappa shape index (κ2) is 9.20. The van der Waals surface area contributed by atoms with Crippen LogP contribution in [0.25, 0.3) is 0 Å². The summed E-state index contributed by atoms with van der Waals surface area (Å²) in [6, 6.07) is 9.29. The van der Waals surface area contributed by atoms with Gasteiger partial charge in [-0.15, -0.1) is 5.10 Å². The molecule has 0 bridgehead atoms. The standard InChI is InChI=1S/C17H26N6O2S/c24-26(25,14-16-6-2-1-3-7-16)19-12-17-8-4-9-22(13-17)10-5-11-23-15-18-20-21-23/h1-3,6-7,15,17,19H,4-5,8-14H2. The molecule has 0 amide bonds. The zero-order chi connectivity index (χ0) is 18.2. The number of likely N-dealkylation sites (tertiary alicyclic amines) is 1. The maximum atomic E-state index is 12.3. The fourth-order valence-electron chi connectivity index (χ4n) is 3.35. The lowest BCUT2D eigenvalue weighted by Gasteiger charge is -2.32. The number of benzene rings is 1. The first kappa shape index (κ1) is 18.9. The average Bonchev–Trinajstić information content (AvgIpc) is 3.15. The molecule has 1 saturated heterocycles. The topological polar surface area (TPSA) is 93.0 Å². The zero-order valence-corrected chi connectivity index (χ0v) is 15.7. The van der Waals surface area contributed by atoms with Crippen LogP contribution in [-0.2, 0) is 22.3 Å². The summed E-state index contributed by atoms with van der Waals surface area (Å²) in [5.41, 5.74) is 0.813. The number of hydrogen-bond acceptors (Lipinski definition) is 6. The number of sulfonamides is 1. The molecule has 142 valence electrons. The maximum Gasteiger partial charge on any atom is 0.215 e. The summed E-state index contributed by atoms with van der Waals surface area (Å²) >= 11 is 0. The van der Waals surface area contributed by atoms with Crippen molar-refractivity contribution in [2.24, 2.45) is 5.92 Å². The highest BCUT2D eigenvalue weighted by atomic mass is 32.2. The van der Waals surface area contributed by atoms with Crippen LogP contribution in [0.5, 0.6) is 0 Å². The molecule has 1 unspecified atom stereocenters. The largest absolute Gasteiger partial charge is 0.303 e. The minimum atomic E-state index is -3.29. The van der Waals surface area contributed by atoms with Crippen molar-refractivity contribution in [2.45, 2.75) is 31.6 Å². The highest BCUT2D eigenvalue weighted by Crippen LogP contribution is 2.16. The van der Waals surface area contributed by atoms with Crippen LogP contribution in [0.2, 0.25) is 0 Å². The predicted octanol–water partition coefficient (Wildman–Crippen LogP) is 0.895. The first-order chi connectivity index (χ1) is 12.6. The summed E-state index contributed by atoms with van der Waals surface area (Å²) in [5, 5.41) is 11.1. The molecule has 3 rings (SSSR count). The lowest BCUT2D eigenvalue weighted by Crippen LogP contribution is -2.41. The van der Waals surface area contributed by atoms with Gasteiger partial charge in [0.2, 0.25) is 10.0 Å². The average molecular weight is 379 g/mol. The van der Waals surface area contributed by atoms with Gasteiger partial charge in [0.15, 0.2) is 0 Å². The Morgan fingerprint density at radius 1 is 1.19 bits per heavy atom. The lowest BCUT2D eigenvalue weighted by molar-refractivity contribution is 0.171. The maximum absolute atomic E-state index is 12.3. The van der Waals surface area contributed by atoms with Gasteiger partial charge in [0.1, 0.15) is 6.33 Å². The van der Waals surface area contributed by atoms with Gasteiger partial charge in [0, 0.05) is 19.6 Å². The molecule has 1 aliphatic heterocycles. The minimum Gasteiger partial charge on any atom is -0.303 e. The summed E-state index contributed by atoms with van der Waals surface area (Å²) < 4.78 is 29.1. The third kappa shape index (κ3) is 6.15. The summed E-state index contributed by atoms with van der Waals surface area (Å²) in [6.45, 7) is 4.30. The fourth-order valence-corrected chi connectivity index (χ4v) is 4.57. The van der Waals surface area contributed by atoms with Crippen molar-refractivity contribution in [1.29, 1.82) is 0 Å². The number of nitrogens with one attached hydrogen (secondary N) is 1. The molecule has 1 aliphatic rings. The van der Waals surface area contributed by atoms with Gasteiger partial charge < -0.3 is 4.90 Å². The van der Waals surface area contributed by atoms with Crippen molar-refractivity contribution in [3.05, 3.63) is 42.2 Å². The number of hydrogen-bond donors (Lipinski definition) is 1. The molecule has 2 heterocycles. The van der Waals surface area contributed by atoms with Crippen LogP contribution >= 0.6 is 0 Å². The molecule has 1 aromatic heterocycles.